The number of fused-ring (bicyclic) bond motifs is 1. The fourth-order valence-corrected chi connectivity index (χ4v) is 2.55. The van der Waals surface area contributed by atoms with Crippen molar-refractivity contribution in [2.75, 3.05) is 0 Å². The second kappa shape index (κ2) is 4.85. The molecule has 3 nitrogen and oxygen atoms in total. The number of Topliss-reactive ketones (excluding diaryl/α,β-unsaturated/α-hetero) is 1. The normalized spacial score (nSPS) is 16.2. The molecule has 2 aromatic carbocycles. The molecule has 2 N–H and O–H groups in total. The van der Waals surface area contributed by atoms with E-state index in [9.17, 15) is 15.0 Å². The number of hydrogen-bond donors (Lipinski definition) is 2. The summed E-state index contributed by atoms with van der Waals surface area (Å²) in [5, 5.41) is 19.2. The van der Waals surface area contributed by atoms with Gasteiger partial charge in [-0.15, -0.1) is 0 Å². The van der Waals surface area contributed by atoms with Crippen molar-refractivity contribution in [2.45, 2.75) is 12.8 Å². The van der Waals surface area contributed by atoms with E-state index < -0.39 is 0 Å². The minimum absolute atomic E-state index is 0.0505. The first kappa shape index (κ1) is 12.5. The van der Waals surface area contributed by atoms with Gasteiger partial charge in [-0.05, 0) is 42.7 Å². The summed E-state index contributed by atoms with van der Waals surface area (Å²) in [5.41, 5.74) is 2.80. The summed E-state index contributed by atoms with van der Waals surface area (Å²) in [6, 6.07) is 11.8. The van der Waals surface area contributed by atoms with Gasteiger partial charge in [0.05, 0.1) is 0 Å². The third-order valence-corrected chi connectivity index (χ3v) is 3.54. The lowest BCUT2D eigenvalue weighted by Gasteiger charge is -2.18. The molecular formula is C17H14O3. The highest BCUT2D eigenvalue weighted by Crippen LogP contribution is 2.32. The lowest BCUT2D eigenvalue weighted by Crippen LogP contribution is -2.14. The summed E-state index contributed by atoms with van der Waals surface area (Å²) in [7, 11) is 0. The van der Waals surface area contributed by atoms with E-state index in [1.165, 1.54) is 0 Å². The SMILES string of the molecule is O=C1/C(=C/c2cccc(O)c2)CCc2c(O)cccc21. The molecule has 1 aliphatic rings. The van der Waals surface area contributed by atoms with Gasteiger partial charge in [-0.2, -0.15) is 0 Å². The van der Waals surface area contributed by atoms with Crippen LogP contribution >= 0.6 is 0 Å². The second-order valence-corrected chi connectivity index (χ2v) is 4.90. The van der Waals surface area contributed by atoms with Crippen LogP contribution in [0.15, 0.2) is 48.0 Å². The Morgan fingerprint density at radius 2 is 1.80 bits per heavy atom. The fraction of sp³-hybridized carbons (Fsp3) is 0.118. The van der Waals surface area contributed by atoms with Crippen LogP contribution in [0.4, 0.5) is 0 Å². The topological polar surface area (TPSA) is 57.5 Å². The van der Waals surface area contributed by atoms with Crippen molar-refractivity contribution in [3.8, 4) is 11.5 Å². The minimum Gasteiger partial charge on any atom is -0.508 e. The zero-order valence-corrected chi connectivity index (χ0v) is 10.8. The molecule has 0 atom stereocenters. The van der Waals surface area contributed by atoms with E-state index in [0.29, 0.717) is 24.0 Å². The highest BCUT2D eigenvalue weighted by molar-refractivity contribution is 6.13. The third kappa shape index (κ3) is 2.18. The first-order chi connectivity index (χ1) is 9.65. The predicted octanol–water partition coefficient (Wildman–Crippen LogP) is 3.31. The fourth-order valence-electron chi connectivity index (χ4n) is 2.55. The summed E-state index contributed by atoms with van der Waals surface area (Å²) < 4.78 is 0. The molecule has 3 rings (SSSR count). The van der Waals surface area contributed by atoms with Crippen LogP contribution in [-0.4, -0.2) is 16.0 Å². The molecular weight excluding hydrogens is 252 g/mol. The lowest BCUT2D eigenvalue weighted by molar-refractivity contribution is 0.102. The van der Waals surface area contributed by atoms with Gasteiger partial charge in [-0.25, -0.2) is 0 Å². The Morgan fingerprint density at radius 3 is 2.60 bits per heavy atom. The van der Waals surface area contributed by atoms with E-state index in [1.807, 2.05) is 6.07 Å². The Kier molecular flexibility index (Phi) is 3.03. The molecule has 0 fully saturated rings. The molecule has 100 valence electrons. The number of ketones is 1. The Hall–Kier alpha value is -2.55. The van der Waals surface area contributed by atoms with Crippen molar-refractivity contribution < 1.29 is 15.0 Å². The molecule has 0 aromatic heterocycles. The maximum Gasteiger partial charge on any atom is 0.189 e. The van der Waals surface area contributed by atoms with Gasteiger partial charge in [0.15, 0.2) is 5.78 Å². The van der Waals surface area contributed by atoms with Crippen LogP contribution < -0.4 is 0 Å². The number of phenolic OH excluding ortho intramolecular Hbond substituents is 2. The lowest BCUT2D eigenvalue weighted by atomic mass is 9.85. The van der Waals surface area contributed by atoms with Crippen LogP contribution in [0.3, 0.4) is 0 Å². The van der Waals surface area contributed by atoms with Gasteiger partial charge >= 0.3 is 0 Å². The van der Waals surface area contributed by atoms with Crippen molar-refractivity contribution in [3.63, 3.8) is 0 Å². The second-order valence-electron chi connectivity index (χ2n) is 4.90. The number of phenols is 2. The number of carbonyl (C=O) groups excluding carboxylic acids is 1. The molecule has 0 bridgehead atoms. The molecule has 20 heavy (non-hydrogen) atoms. The average molecular weight is 266 g/mol. The highest BCUT2D eigenvalue weighted by Gasteiger charge is 2.23. The third-order valence-electron chi connectivity index (χ3n) is 3.54. The number of carbonyl (C=O) groups is 1. The number of aromatic hydroxyl groups is 2. The van der Waals surface area contributed by atoms with Gasteiger partial charge in [0, 0.05) is 16.7 Å². The van der Waals surface area contributed by atoms with Gasteiger partial charge in [-0.1, -0.05) is 24.3 Å². The van der Waals surface area contributed by atoms with Crippen LogP contribution in [0.25, 0.3) is 6.08 Å². The van der Waals surface area contributed by atoms with Crippen molar-refractivity contribution in [3.05, 3.63) is 64.7 Å². The monoisotopic (exact) mass is 266 g/mol. The van der Waals surface area contributed by atoms with Crippen molar-refractivity contribution in [2.24, 2.45) is 0 Å². The van der Waals surface area contributed by atoms with Gasteiger partial charge in [0.1, 0.15) is 11.5 Å². The van der Waals surface area contributed by atoms with Crippen LogP contribution in [0.5, 0.6) is 11.5 Å². The van der Waals surface area contributed by atoms with E-state index in [1.54, 1.807) is 42.5 Å². The smallest absolute Gasteiger partial charge is 0.189 e. The van der Waals surface area contributed by atoms with Crippen LogP contribution in [0.1, 0.15) is 27.9 Å². The first-order valence-corrected chi connectivity index (χ1v) is 6.50. The van der Waals surface area contributed by atoms with Gasteiger partial charge < -0.3 is 10.2 Å². The van der Waals surface area contributed by atoms with Crippen LogP contribution in [0, 0.1) is 0 Å². The van der Waals surface area contributed by atoms with E-state index in [-0.39, 0.29) is 17.3 Å². The maximum absolute atomic E-state index is 12.4. The number of hydrogen-bond acceptors (Lipinski definition) is 3. The van der Waals surface area contributed by atoms with Crippen molar-refractivity contribution in [1.29, 1.82) is 0 Å². The molecule has 0 radical (unpaired) electrons. The van der Waals surface area contributed by atoms with E-state index in [0.717, 1.165) is 11.1 Å². The quantitative estimate of drug-likeness (QED) is 0.778. The van der Waals surface area contributed by atoms with Crippen LogP contribution in [0.2, 0.25) is 0 Å². The van der Waals surface area contributed by atoms with Gasteiger partial charge in [-0.3, -0.25) is 4.79 Å². The Bertz CT molecular complexity index is 714. The molecule has 0 amide bonds. The number of benzene rings is 2. The average Bonchev–Trinajstić information content (AvgIpc) is 2.43. The van der Waals surface area contributed by atoms with Gasteiger partial charge in [0.2, 0.25) is 0 Å². The molecule has 1 aliphatic carbocycles. The molecule has 2 aromatic rings. The minimum atomic E-state index is -0.0505. The predicted molar refractivity (Wildman–Crippen MR) is 76.8 cm³/mol. The van der Waals surface area contributed by atoms with Crippen molar-refractivity contribution in [1.82, 2.24) is 0 Å². The molecule has 0 heterocycles. The first-order valence-electron chi connectivity index (χ1n) is 6.50. The molecule has 0 unspecified atom stereocenters. The standard InChI is InChI=1S/C17H14O3/c18-13-4-1-3-11(10-13)9-12-7-8-14-15(17(12)20)5-2-6-16(14)19/h1-6,9-10,18-19H,7-8H2/b12-9+. The molecule has 0 spiro atoms. The number of allylic oxidation sites excluding steroid dienone is 1. The molecule has 0 aliphatic heterocycles. The summed E-state index contributed by atoms with van der Waals surface area (Å²) in [6.45, 7) is 0. The van der Waals surface area contributed by atoms with Crippen molar-refractivity contribution >= 4 is 11.9 Å². The zero-order valence-electron chi connectivity index (χ0n) is 10.8. The Balaban J connectivity index is 2.00. The van der Waals surface area contributed by atoms with Gasteiger partial charge in [0.25, 0.3) is 0 Å². The summed E-state index contributed by atoms with van der Waals surface area (Å²) in [4.78, 5) is 12.4. The van der Waals surface area contributed by atoms with E-state index in [2.05, 4.69) is 0 Å². The molecule has 0 saturated heterocycles. The van der Waals surface area contributed by atoms with Crippen LogP contribution in [-0.2, 0) is 6.42 Å². The van der Waals surface area contributed by atoms with E-state index in [4.69, 9.17) is 0 Å². The summed E-state index contributed by atoms with van der Waals surface area (Å²) in [6.07, 6.45) is 3.05. The maximum atomic E-state index is 12.4. The molecule has 3 heteroatoms. The Morgan fingerprint density at radius 1 is 1.00 bits per heavy atom. The Labute approximate surface area is 116 Å². The summed E-state index contributed by atoms with van der Waals surface area (Å²) in [5.74, 6) is 0.318. The largest absolute Gasteiger partial charge is 0.508 e. The van der Waals surface area contributed by atoms with E-state index >= 15 is 0 Å². The number of rotatable bonds is 1. The zero-order chi connectivity index (χ0) is 14.1. The summed E-state index contributed by atoms with van der Waals surface area (Å²) >= 11 is 0. The highest BCUT2D eigenvalue weighted by atomic mass is 16.3. The molecule has 0 saturated carbocycles.